The third-order valence-corrected chi connectivity index (χ3v) is 10.6. The van der Waals surface area contributed by atoms with Crippen LogP contribution in [0, 0.1) is 24.5 Å². The molecule has 2 atom stereocenters. The van der Waals surface area contributed by atoms with Crippen LogP contribution in [0.4, 0.5) is 27.6 Å². The molecule has 5 rings (SSSR count). The number of halogens is 6. The lowest BCUT2D eigenvalue weighted by atomic mass is 9.86. The van der Waals surface area contributed by atoms with E-state index in [4.69, 9.17) is 16.3 Å². The highest BCUT2D eigenvalue weighted by atomic mass is 35.5. The summed E-state index contributed by atoms with van der Waals surface area (Å²) in [5.41, 5.74) is 0.578. The molecule has 1 unspecified atom stereocenters. The predicted molar refractivity (Wildman–Crippen MR) is 159 cm³/mol. The summed E-state index contributed by atoms with van der Waals surface area (Å²) in [6.07, 6.45) is -1.89. The number of nitrogens with zero attached hydrogens (tertiary/aromatic N) is 4. The smallest absolute Gasteiger partial charge is 0.381 e. The second-order valence-corrected chi connectivity index (χ2v) is 14.4. The molecule has 4 heterocycles. The largest absolute Gasteiger partial charge is 0.407 e. The number of carbonyl (C=O) groups excluding carboxylic acids is 1. The number of piperidine rings is 1. The third kappa shape index (κ3) is 7.71. The number of benzene rings is 1. The summed E-state index contributed by atoms with van der Waals surface area (Å²) in [6, 6.07) is 4.81. The topological polar surface area (TPSA) is 83.1 Å². The van der Waals surface area contributed by atoms with E-state index in [0.29, 0.717) is 51.1 Å². The van der Waals surface area contributed by atoms with Crippen molar-refractivity contribution in [2.75, 3.05) is 56.5 Å². The Labute approximate surface area is 264 Å². The van der Waals surface area contributed by atoms with Crippen LogP contribution in [0.5, 0.6) is 0 Å². The van der Waals surface area contributed by atoms with Gasteiger partial charge in [0.05, 0.1) is 34.3 Å². The summed E-state index contributed by atoms with van der Waals surface area (Å²) in [6.45, 7) is 2.40. The molecule has 1 aromatic carbocycles. The van der Waals surface area contributed by atoms with Crippen molar-refractivity contribution in [1.29, 1.82) is 0 Å². The Morgan fingerprint density at radius 2 is 1.76 bits per heavy atom. The first-order valence-corrected chi connectivity index (χ1v) is 17.1. The number of alkyl halides is 3. The van der Waals surface area contributed by atoms with E-state index in [1.807, 2.05) is 0 Å². The van der Waals surface area contributed by atoms with E-state index in [0.717, 1.165) is 18.9 Å². The number of aromatic nitrogens is 1. The molecule has 3 fully saturated rings. The standard InChI is InChI=1S/C30H36ClF5N4O4S/c1-18-25(31)14-27(40(45(2,42)43)17-30(34,35)36)28(37-18)19-5-9-38(10-6-19)29(41)24-16-39(21-7-11-44-12-8-21)15-23(24)22-4-3-20(32)13-26(22)33/h3-4,13-14,19,21,23-24H,5-12,15-17H2,1-2H3/t23-,24?/m0/s1. The minimum absolute atomic E-state index is 0.0339. The van der Waals surface area contributed by atoms with Crippen molar-refractivity contribution in [1.82, 2.24) is 14.8 Å². The Balaban J connectivity index is 1.37. The Kier molecular flexibility index (Phi) is 9.98. The molecular formula is C30H36ClF5N4O4S. The van der Waals surface area contributed by atoms with E-state index >= 15 is 4.39 Å². The molecule has 45 heavy (non-hydrogen) atoms. The average molecular weight is 679 g/mol. The fraction of sp³-hybridized carbons (Fsp3) is 0.600. The summed E-state index contributed by atoms with van der Waals surface area (Å²) in [7, 11) is -4.35. The molecule has 3 aliphatic rings. The van der Waals surface area contributed by atoms with Crippen LogP contribution in [0.2, 0.25) is 5.02 Å². The number of carbonyl (C=O) groups is 1. The van der Waals surface area contributed by atoms with Crippen molar-refractivity contribution in [3.63, 3.8) is 0 Å². The Bertz CT molecular complexity index is 1510. The molecule has 3 saturated heterocycles. The maximum atomic E-state index is 15.0. The van der Waals surface area contributed by atoms with Gasteiger partial charge in [-0.05, 0) is 50.3 Å². The van der Waals surface area contributed by atoms with Gasteiger partial charge in [0.1, 0.15) is 18.2 Å². The van der Waals surface area contributed by atoms with Crippen LogP contribution in [0.3, 0.4) is 0 Å². The van der Waals surface area contributed by atoms with Crippen molar-refractivity contribution in [3.05, 3.63) is 57.9 Å². The van der Waals surface area contributed by atoms with E-state index in [1.54, 1.807) is 11.8 Å². The van der Waals surface area contributed by atoms with Gasteiger partial charge in [-0.15, -0.1) is 0 Å². The van der Waals surface area contributed by atoms with Crippen LogP contribution < -0.4 is 4.31 Å². The minimum atomic E-state index is -4.81. The molecule has 8 nitrogen and oxygen atoms in total. The number of aryl methyl sites for hydroxylation is 1. The fourth-order valence-electron chi connectivity index (χ4n) is 6.79. The Hall–Kier alpha value is -2.55. The minimum Gasteiger partial charge on any atom is -0.381 e. The van der Waals surface area contributed by atoms with Gasteiger partial charge in [-0.25, -0.2) is 17.2 Å². The van der Waals surface area contributed by atoms with Crippen LogP contribution in [-0.2, 0) is 19.6 Å². The summed E-state index contributed by atoms with van der Waals surface area (Å²) in [5, 5.41) is 0.0339. The first-order valence-electron chi connectivity index (χ1n) is 14.9. The summed E-state index contributed by atoms with van der Waals surface area (Å²) in [4.78, 5) is 22.3. The number of amides is 1. The first kappa shape index (κ1) is 33.8. The molecule has 0 bridgehead atoms. The molecule has 0 aliphatic carbocycles. The lowest BCUT2D eigenvalue weighted by Crippen LogP contribution is -2.44. The number of anilines is 1. The molecule has 3 aliphatic heterocycles. The second-order valence-electron chi connectivity index (χ2n) is 12.1. The van der Waals surface area contributed by atoms with Crippen LogP contribution in [0.25, 0.3) is 0 Å². The lowest BCUT2D eigenvalue weighted by Gasteiger charge is -2.36. The lowest BCUT2D eigenvalue weighted by molar-refractivity contribution is -0.136. The first-order chi connectivity index (χ1) is 21.1. The van der Waals surface area contributed by atoms with E-state index in [9.17, 15) is 30.8 Å². The maximum Gasteiger partial charge on any atom is 0.407 e. The summed E-state index contributed by atoms with van der Waals surface area (Å²) >= 11 is 6.20. The fourth-order valence-corrected chi connectivity index (χ4v) is 7.82. The highest BCUT2D eigenvalue weighted by Gasteiger charge is 2.44. The molecule has 1 aromatic heterocycles. The number of pyridine rings is 1. The van der Waals surface area contributed by atoms with Gasteiger partial charge in [-0.3, -0.25) is 19.0 Å². The van der Waals surface area contributed by atoms with Gasteiger partial charge in [0, 0.05) is 63.3 Å². The highest BCUT2D eigenvalue weighted by molar-refractivity contribution is 7.92. The Morgan fingerprint density at radius 1 is 1.09 bits per heavy atom. The van der Waals surface area contributed by atoms with Crippen LogP contribution in [-0.4, -0.2) is 93.5 Å². The van der Waals surface area contributed by atoms with Gasteiger partial charge in [-0.1, -0.05) is 17.7 Å². The van der Waals surface area contributed by atoms with Crippen LogP contribution >= 0.6 is 11.6 Å². The van der Waals surface area contributed by atoms with Gasteiger partial charge in [0.2, 0.25) is 15.9 Å². The number of rotatable bonds is 7. The number of sulfonamides is 1. The van der Waals surface area contributed by atoms with E-state index in [1.165, 1.54) is 18.2 Å². The number of hydrogen-bond donors (Lipinski definition) is 0. The number of hydrogen-bond acceptors (Lipinski definition) is 6. The quantitative estimate of drug-likeness (QED) is 0.372. The molecule has 0 N–H and O–H groups in total. The molecule has 0 spiro atoms. The third-order valence-electron chi connectivity index (χ3n) is 9.08. The van der Waals surface area contributed by atoms with Crippen LogP contribution in [0.15, 0.2) is 24.3 Å². The number of likely N-dealkylation sites (tertiary alicyclic amines) is 2. The maximum absolute atomic E-state index is 15.0. The molecule has 15 heteroatoms. The van der Waals surface area contributed by atoms with Gasteiger partial charge >= 0.3 is 6.18 Å². The second kappa shape index (κ2) is 13.3. The summed E-state index contributed by atoms with van der Waals surface area (Å²) < 4.78 is 99.9. The zero-order chi connectivity index (χ0) is 32.7. The molecule has 2 aromatic rings. The highest BCUT2D eigenvalue weighted by Crippen LogP contribution is 2.41. The zero-order valence-corrected chi connectivity index (χ0v) is 26.6. The molecular weight excluding hydrogens is 643 g/mol. The molecule has 0 saturated carbocycles. The molecule has 248 valence electrons. The molecule has 1 amide bonds. The van der Waals surface area contributed by atoms with Crippen molar-refractivity contribution < 1.29 is 39.9 Å². The van der Waals surface area contributed by atoms with Crippen molar-refractivity contribution in [2.24, 2.45) is 5.92 Å². The predicted octanol–water partition coefficient (Wildman–Crippen LogP) is 5.25. The van der Waals surface area contributed by atoms with Crippen molar-refractivity contribution in [2.45, 2.75) is 56.7 Å². The monoisotopic (exact) mass is 678 g/mol. The van der Waals surface area contributed by atoms with Gasteiger partial charge in [-0.2, -0.15) is 13.2 Å². The normalized spacial score (nSPS) is 22.6. The zero-order valence-electron chi connectivity index (χ0n) is 25.0. The van der Waals surface area contributed by atoms with Crippen LogP contribution in [0.1, 0.15) is 54.5 Å². The molecule has 0 radical (unpaired) electrons. The van der Waals surface area contributed by atoms with Gasteiger partial charge in [0.15, 0.2) is 0 Å². The average Bonchev–Trinajstić information content (AvgIpc) is 3.41. The number of ether oxygens (including phenoxy) is 1. The summed E-state index contributed by atoms with van der Waals surface area (Å²) in [5.74, 6) is -3.08. The van der Waals surface area contributed by atoms with Crippen molar-refractivity contribution >= 4 is 33.2 Å². The van der Waals surface area contributed by atoms with E-state index in [-0.39, 0.29) is 51.3 Å². The van der Waals surface area contributed by atoms with E-state index in [2.05, 4.69) is 9.88 Å². The van der Waals surface area contributed by atoms with Crippen molar-refractivity contribution in [3.8, 4) is 0 Å². The van der Waals surface area contributed by atoms with E-state index < -0.39 is 52.1 Å². The van der Waals surface area contributed by atoms with Gasteiger partial charge < -0.3 is 9.64 Å². The Morgan fingerprint density at radius 3 is 2.36 bits per heavy atom. The van der Waals surface area contributed by atoms with Gasteiger partial charge in [0.25, 0.3) is 0 Å². The SMILES string of the molecule is Cc1nc(C2CCN(C(=O)C3CN(C4CCOCC4)C[C@H]3c3ccc(F)cc3F)CC2)c(N(CC(F)(F)F)S(C)(=O)=O)cc1Cl.